The molecule has 0 N–H and O–H groups in total. The van der Waals surface area contributed by atoms with Crippen LogP contribution in [-0.2, 0) is 20.1 Å². The van der Waals surface area contributed by atoms with Gasteiger partial charge in [-0.1, -0.05) is 24.3 Å². The largest absolute Gasteiger partial charge is 0.497 e. The summed E-state index contributed by atoms with van der Waals surface area (Å²) in [6.45, 7) is 10.2. The molecule has 0 amide bonds. The Balaban J connectivity index is 2.46. The predicted molar refractivity (Wildman–Crippen MR) is 128 cm³/mol. The maximum absolute atomic E-state index is 16.0. The molecular formula is C24H32F4O4Si2. The van der Waals surface area contributed by atoms with Gasteiger partial charge in [0.2, 0.25) is 0 Å². The molecule has 2 aromatic carbocycles. The van der Waals surface area contributed by atoms with Crippen molar-refractivity contribution in [2.45, 2.75) is 62.3 Å². The number of hydrogen-bond acceptors (Lipinski definition) is 4. The molecule has 2 atom stereocenters. The van der Waals surface area contributed by atoms with Gasteiger partial charge in [0.25, 0.3) is 0 Å². The first-order chi connectivity index (χ1) is 15.5. The van der Waals surface area contributed by atoms with Crippen LogP contribution in [0.5, 0.6) is 11.5 Å². The molecule has 1 aliphatic rings. The van der Waals surface area contributed by atoms with E-state index in [1.807, 2.05) is 0 Å². The van der Waals surface area contributed by atoms with Gasteiger partial charge in [0, 0.05) is 0 Å². The highest BCUT2D eigenvalue weighted by Crippen LogP contribution is 2.76. The maximum atomic E-state index is 16.0. The van der Waals surface area contributed by atoms with Crippen LogP contribution in [0.15, 0.2) is 48.5 Å². The average Bonchev–Trinajstić information content (AvgIpc) is 2.74. The Bertz CT molecular complexity index is 934. The van der Waals surface area contributed by atoms with E-state index < -0.39 is 39.7 Å². The molecule has 0 saturated heterocycles. The van der Waals surface area contributed by atoms with E-state index in [2.05, 4.69) is 0 Å². The Hall–Kier alpha value is -1.89. The fraction of sp³-hybridized carbons (Fsp3) is 0.500. The summed E-state index contributed by atoms with van der Waals surface area (Å²) in [5, 5.41) is 0. The van der Waals surface area contributed by atoms with Crippen molar-refractivity contribution in [2.24, 2.45) is 0 Å². The highest BCUT2D eigenvalue weighted by Gasteiger charge is 2.97. The van der Waals surface area contributed by atoms with E-state index >= 15 is 17.6 Å². The van der Waals surface area contributed by atoms with Gasteiger partial charge in [-0.25, -0.2) is 0 Å². The second-order valence-electron chi connectivity index (χ2n) is 10.4. The first kappa shape index (κ1) is 26.7. The lowest BCUT2D eigenvalue weighted by atomic mass is 9.53. The molecule has 10 heteroatoms. The Kier molecular flexibility index (Phi) is 6.56. The van der Waals surface area contributed by atoms with Crippen LogP contribution in [0.3, 0.4) is 0 Å². The topological polar surface area (TPSA) is 36.9 Å². The molecule has 1 fully saturated rings. The lowest BCUT2D eigenvalue weighted by Gasteiger charge is -2.68. The SMILES string of the molecule is COc1ccc([C@@]2(O[Si](C)(C)C)C(F)(F)C(F)(F)[C@]2(O[Si](C)(C)C)c2ccc(OC)cc2)cc1. The minimum absolute atomic E-state index is 0.0966. The summed E-state index contributed by atoms with van der Waals surface area (Å²) in [6.07, 6.45) is 0. The second kappa shape index (κ2) is 8.35. The number of alkyl halides is 4. The molecular weight excluding hydrogens is 484 g/mol. The number of rotatable bonds is 8. The van der Waals surface area contributed by atoms with Crippen LogP contribution in [0.2, 0.25) is 39.3 Å². The van der Waals surface area contributed by atoms with Crippen molar-refractivity contribution in [1.82, 2.24) is 0 Å². The van der Waals surface area contributed by atoms with Gasteiger partial charge < -0.3 is 18.3 Å². The summed E-state index contributed by atoms with van der Waals surface area (Å²) in [7, 11) is -2.86. The molecule has 3 rings (SSSR count). The molecule has 2 aromatic rings. The third-order valence-corrected chi connectivity index (χ3v) is 7.52. The van der Waals surface area contributed by atoms with E-state index in [4.69, 9.17) is 18.3 Å². The van der Waals surface area contributed by atoms with Gasteiger partial charge in [0.15, 0.2) is 27.8 Å². The van der Waals surface area contributed by atoms with E-state index in [1.54, 1.807) is 39.3 Å². The van der Waals surface area contributed by atoms with Crippen molar-refractivity contribution in [3.8, 4) is 11.5 Å². The maximum Gasteiger partial charge on any atom is 0.348 e. The molecule has 0 aromatic heterocycles. The van der Waals surface area contributed by atoms with E-state index in [9.17, 15) is 0 Å². The highest BCUT2D eigenvalue weighted by molar-refractivity contribution is 6.70. The van der Waals surface area contributed by atoms with E-state index in [0.29, 0.717) is 11.5 Å². The zero-order chi connectivity index (χ0) is 25.8. The van der Waals surface area contributed by atoms with Crippen LogP contribution in [0.1, 0.15) is 11.1 Å². The zero-order valence-corrected chi connectivity index (χ0v) is 22.8. The molecule has 188 valence electrons. The van der Waals surface area contributed by atoms with Gasteiger partial charge in [-0.05, 0) is 74.7 Å². The average molecular weight is 517 g/mol. The molecule has 1 saturated carbocycles. The fourth-order valence-corrected chi connectivity index (χ4v) is 7.17. The van der Waals surface area contributed by atoms with Crippen LogP contribution in [-0.4, -0.2) is 42.7 Å². The van der Waals surface area contributed by atoms with Crippen LogP contribution in [0, 0.1) is 0 Å². The monoisotopic (exact) mass is 516 g/mol. The van der Waals surface area contributed by atoms with Crippen molar-refractivity contribution in [1.29, 1.82) is 0 Å². The minimum Gasteiger partial charge on any atom is -0.497 e. The van der Waals surface area contributed by atoms with Crippen molar-refractivity contribution in [3.63, 3.8) is 0 Å². The molecule has 4 nitrogen and oxygen atoms in total. The zero-order valence-electron chi connectivity index (χ0n) is 20.8. The molecule has 0 bridgehead atoms. The van der Waals surface area contributed by atoms with Crippen molar-refractivity contribution in [3.05, 3.63) is 59.7 Å². The van der Waals surface area contributed by atoms with Crippen LogP contribution >= 0.6 is 0 Å². The van der Waals surface area contributed by atoms with Gasteiger partial charge in [-0.2, -0.15) is 17.6 Å². The normalized spacial score (nSPS) is 26.0. The number of halogens is 4. The van der Waals surface area contributed by atoms with Gasteiger partial charge in [0.05, 0.1) is 14.2 Å². The number of methoxy groups -OCH3 is 2. The Morgan fingerprint density at radius 2 is 0.794 bits per heavy atom. The van der Waals surface area contributed by atoms with Crippen molar-refractivity contribution < 1.29 is 35.9 Å². The smallest absolute Gasteiger partial charge is 0.348 e. The summed E-state index contributed by atoms with van der Waals surface area (Å²) in [5.74, 6) is -8.31. The van der Waals surface area contributed by atoms with Gasteiger partial charge in [-0.3, -0.25) is 0 Å². The molecule has 0 aliphatic heterocycles. The predicted octanol–water partition coefficient (Wildman–Crippen LogP) is 6.78. The molecule has 0 spiro atoms. The summed E-state index contributed by atoms with van der Waals surface area (Å²) < 4.78 is 86.5. The van der Waals surface area contributed by atoms with E-state index in [-0.39, 0.29) is 11.1 Å². The van der Waals surface area contributed by atoms with Crippen LogP contribution in [0.25, 0.3) is 0 Å². The Labute approximate surface area is 200 Å². The minimum atomic E-state index is -4.56. The standard InChI is InChI=1S/C24H32F4O4Si2/c1-29-19-13-9-17(10-14-19)21(31-33(3,4)5)22(32-34(6,7)8,24(27,28)23(21,25)26)18-11-15-20(30-2)16-12-18/h9-16H,1-8H3/t21-,22-/m0/s1. The molecule has 0 heterocycles. The molecule has 0 radical (unpaired) electrons. The third kappa shape index (κ3) is 3.79. The highest BCUT2D eigenvalue weighted by atomic mass is 28.4. The van der Waals surface area contributed by atoms with Crippen LogP contribution in [0.4, 0.5) is 17.6 Å². The number of benzene rings is 2. The Morgan fingerprint density at radius 3 is 1.00 bits per heavy atom. The number of ether oxygens (including phenoxy) is 2. The van der Waals surface area contributed by atoms with Gasteiger partial charge in [0.1, 0.15) is 11.5 Å². The van der Waals surface area contributed by atoms with Crippen LogP contribution < -0.4 is 9.47 Å². The molecule has 1 aliphatic carbocycles. The second-order valence-corrected chi connectivity index (χ2v) is 19.3. The first-order valence-corrected chi connectivity index (χ1v) is 17.8. The van der Waals surface area contributed by atoms with Crippen molar-refractivity contribution >= 4 is 16.6 Å². The van der Waals surface area contributed by atoms with Crippen molar-refractivity contribution in [2.75, 3.05) is 14.2 Å². The summed E-state index contributed by atoms with van der Waals surface area (Å²) >= 11 is 0. The van der Waals surface area contributed by atoms with E-state index in [1.165, 1.54) is 62.8 Å². The summed E-state index contributed by atoms with van der Waals surface area (Å²) in [6, 6.07) is 11.3. The van der Waals surface area contributed by atoms with Gasteiger partial charge >= 0.3 is 11.8 Å². The summed E-state index contributed by atoms with van der Waals surface area (Å²) in [4.78, 5) is 0. The lowest BCUT2D eigenvalue weighted by molar-refractivity contribution is -0.478. The first-order valence-electron chi connectivity index (χ1n) is 10.9. The molecule has 34 heavy (non-hydrogen) atoms. The molecule has 0 unspecified atom stereocenters. The van der Waals surface area contributed by atoms with E-state index in [0.717, 1.165) is 0 Å². The Morgan fingerprint density at radius 1 is 0.529 bits per heavy atom. The number of hydrogen-bond donors (Lipinski definition) is 0. The summed E-state index contributed by atoms with van der Waals surface area (Å²) in [5.41, 5.74) is -5.73. The lowest BCUT2D eigenvalue weighted by Crippen LogP contribution is -2.88. The third-order valence-electron chi connectivity index (χ3n) is 5.69. The van der Waals surface area contributed by atoms with Gasteiger partial charge in [-0.15, -0.1) is 0 Å². The quantitative estimate of drug-likeness (QED) is 0.286. The fourth-order valence-electron chi connectivity index (χ4n) is 4.55.